The molecule has 0 radical (unpaired) electrons. The number of carbonyl (C=O) groups is 7. The molecule has 3 N–H and O–H groups in total. The van der Waals surface area contributed by atoms with Crippen molar-refractivity contribution in [1.29, 1.82) is 0 Å². The molecule has 0 aliphatic carbocycles. The lowest BCUT2D eigenvalue weighted by Crippen LogP contribution is -2.53. The minimum Gasteiger partial charge on any atom is -0.493 e. The van der Waals surface area contributed by atoms with Crippen molar-refractivity contribution in [2.45, 2.75) is 89.9 Å². The molecule has 21 heteroatoms. The molecule has 0 saturated carbocycles. The molecule has 6 aliphatic rings. The number of ether oxygens (including phenoxy) is 4. The molecule has 85 heavy (non-hydrogen) atoms. The first-order valence-corrected chi connectivity index (χ1v) is 29.0. The van der Waals surface area contributed by atoms with Crippen molar-refractivity contribution in [3.05, 3.63) is 120 Å². The lowest BCUT2D eigenvalue weighted by Gasteiger charge is -2.34. The first-order chi connectivity index (χ1) is 41.0. The van der Waals surface area contributed by atoms with Crippen molar-refractivity contribution in [2.75, 3.05) is 77.4 Å². The third-order valence-electron chi connectivity index (χ3n) is 16.1. The fraction of sp³-hybridized carbons (Fsp3) is 0.391. The summed E-state index contributed by atoms with van der Waals surface area (Å²) in [6, 6.07) is 20.2. The topological polar surface area (TPSA) is 233 Å². The van der Waals surface area contributed by atoms with Gasteiger partial charge in [0.2, 0.25) is 17.7 Å². The highest BCUT2D eigenvalue weighted by Crippen LogP contribution is 2.42. The minimum absolute atomic E-state index is 0.161. The van der Waals surface area contributed by atoms with E-state index < -0.39 is 23.9 Å². The number of unbranched alkanes of at least 4 members (excludes halogenated alkanes) is 2. The summed E-state index contributed by atoms with van der Waals surface area (Å²) in [5.41, 5.74) is 7.33. The summed E-state index contributed by atoms with van der Waals surface area (Å²) in [6.07, 6.45) is 13.3. The monoisotopic (exact) mass is 1160 g/mol. The predicted molar refractivity (Wildman–Crippen MR) is 323 cm³/mol. The van der Waals surface area contributed by atoms with E-state index >= 15 is 0 Å². The SMILES string of the molecule is COc1cc2c(cc1OCCCOc1cc3c(cc1OC)C(=O)N1C=C(c4ccc(N5CCN(C)CC5)cc4)C[C@H]1C=N3)N=C[C@@H]1CC(c3ccc(NC(=O)[C@H](C)NC(=O)C(NC(=O)CCCCCN4C(=O)C=CC4=O)C(C)C)cc3)=CN1C2=O. The third kappa shape index (κ3) is 13.5. The van der Waals surface area contributed by atoms with Crippen LogP contribution in [0.3, 0.4) is 0 Å². The number of benzene rings is 4. The fourth-order valence-electron chi connectivity index (χ4n) is 11.1. The molecule has 6 heterocycles. The standard InChI is InChI=1S/C64H72N10O11/c1-39(2)60(69-57(75)11-8-7-9-22-72-58(76)20-21-59(72)77)62(79)67-40(3)61(78)68-45-16-12-41(13-17-45)43-29-47-35-65-51-33-55(53(82-5)31-49(51)63(80)73(47)37-43)84-27-10-28-85-56-34-52-50(32-54(56)83-6)64(81)74-38-44(30-48(74)36-66-52)42-14-18-46(19-15-42)71-25-23-70(4)24-26-71/h12-21,31-40,47-48,60H,7-11,22-30H2,1-6H3,(H,67,79)(H,68,78)(H,69,75)/t40-,47-,48-,60?/m0/s1. The van der Waals surface area contributed by atoms with Crippen molar-refractivity contribution in [2.24, 2.45) is 15.9 Å². The van der Waals surface area contributed by atoms with Gasteiger partial charge in [0.25, 0.3) is 23.6 Å². The van der Waals surface area contributed by atoms with Crippen molar-refractivity contribution >= 4 is 87.7 Å². The summed E-state index contributed by atoms with van der Waals surface area (Å²) in [4.78, 5) is 110. The van der Waals surface area contributed by atoms with Crippen LogP contribution in [-0.2, 0) is 24.0 Å². The van der Waals surface area contributed by atoms with Gasteiger partial charge in [0.05, 0.1) is 62.0 Å². The maximum atomic E-state index is 14.2. The van der Waals surface area contributed by atoms with Gasteiger partial charge in [-0.15, -0.1) is 0 Å². The Kier molecular flexibility index (Phi) is 18.2. The maximum Gasteiger partial charge on any atom is 0.260 e. The van der Waals surface area contributed by atoms with E-state index in [2.05, 4.69) is 57.1 Å². The first kappa shape index (κ1) is 59.1. The van der Waals surface area contributed by atoms with Crippen LogP contribution in [0.25, 0.3) is 11.1 Å². The van der Waals surface area contributed by atoms with E-state index in [1.165, 1.54) is 37.0 Å². The summed E-state index contributed by atoms with van der Waals surface area (Å²) in [5, 5.41) is 8.35. The zero-order chi connectivity index (χ0) is 59.9. The number of amides is 7. The van der Waals surface area contributed by atoms with Crippen LogP contribution in [0.2, 0.25) is 0 Å². The first-order valence-electron chi connectivity index (χ1n) is 29.0. The summed E-state index contributed by atoms with van der Waals surface area (Å²) in [7, 11) is 5.20. The van der Waals surface area contributed by atoms with Crippen molar-refractivity contribution in [3.63, 3.8) is 0 Å². The Labute approximate surface area is 494 Å². The second kappa shape index (κ2) is 26.2. The molecule has 0 aromatic heterocycles. The molecule has 1 fully saturated rings. The van der Waals surface area contributed by atoms with Crippen molar-refractivity contribution < 1.29 is 52.5 Å². The van der Waals surface area contributed by atoms with Crippen LogP contribution >= 0.6 is 0 Å². The second-order valence-electron chi connectivity index (χ2n) is 22.3. The van der Waals surface area contributed by atoms with Gasteiger partial charge < -0.3 is 54.5 Å². The van der Waals surface area contributed by atoms with Gasteiger partial charge in [0.15, 0.2) is 23.0 Å². The molecule has 1 saturated heterocycles. The Hall–Kier alpha value is -9.11. The number of methoxy groups -OCH3 is 2. The molecule has 4 aromatic carbocycles. The van der Waals surface area contributed by atoms with Crippen LogP contribution in [0, 0.1) is 5.92 Å². The lowest BCUT2D eigenvalue weighted by molar-refractivity contribution is -0.137. The van der Waals surface area contributed by atoms with Gasteiger partial charge in [-0.2, -0.15) is 0 Å². The molecular weight excluding hydrogens is 1080 g/mol. The number of likely N-dealkylation sites (N-methyl/N-ethyl adjacent to an activating group) is 1. The average Bonchev–Trinajstić information content (AvgIpc) is 2.83. The quantitative estimate of drug-likeness (QED) is 0.0489. The molecular formula is C64H72N10O11. The summed E-state index contributed by atoms with van der Waals surface area (Å²) < 4.78 is 23.8. The Morgan fingerprint density at radius 1 is 0.624 bits per heavy atom. The number of hydrogen-bond acceptors (Lipinski definition) is 15. The number of rotatable bonds is 23. The number of carbonyl (C=O) groups excluding carboxylic acids is 7. The van der Waals surface area contributed by atoms with Crippen LogP contribution in [0.15, 0.2) is 107 Å². The Balaban J connectivity index is 0.682. The number of piperazine rings is 1. The zero-order valence-electron chi connectivity index (χ0n) is 48.8. The average molecular weight is 1160 g/mol. The number of hydrogen-bond donors (Lipinski definition) is 3. The molecule has 4 atom stereocenters. The molecule has 1 unspecified atom stereocenters. The van der Waals surface area contributed by atoms with Crippen LogP contribution < -0.4 is 39.8 Å². The number of imide groups is 1. The van der Waals surface area contributed by atoms with E-state index in [-0.39, 0.29) is 73.7 Å². The van der Waals surface area contributed by atoms with Gasteiger partial charge in [-0.3, -0.25) is 48.4 Å². The predicted octanol–water partition coefficient (Wildman–Crippen LogP) is 7.32. The summed E-state index contributed by atoms with van der Waals surface area (Å²) >= 11 is 0. The van der Waals surface area contributed by atoms with E-state index in [0.29, 0.717) is 89.7 Å². The largest absolute Gasteiger partial charge is 0.493 e. The van der Waals surface area contributed by atoms with Crippen LogP contribution in [0.1, 0.15) is 97.6 Å². The molecule has 4 aromatic rings. The third-order valence-corrected chi connectivity index (χ3v) is 16.1. The maximum absolute atomic E-state index is 14.2. The van der Waals surface area contributed by atoms with Crippen LogP contribution in [-0.4, -0.2) is 165 Å². The van der Waals surface area contributed by atoms with Gasteiger partial charge >= 0.3 is 0 Å². The number of fused-ring (bicyclic) bond motifs is 4. The van der Waals surface area contributed by atoms with E-state index in [9.17, 15) is 33.6 Å². The number of nitrogens with zero attached hydrogens (tertiary/aromatic N) is 7. The normalized spacial score (nSPS) is 18.7. The van der Waals surface area contributed by atoms with Gasteiger partial charge in [-0.05, 0) is 91.4 Å². The molecule has 21 nitrogen and oxygen atoms in total. The van der Waals surface area contributed by atoms with E-state index in [1.54, 1.807) is 73.2 Å². The molecule has 0 bridgehead atoms. The van der Waals surface area contributed by atoms with E-state index in [4.69, 9.17) is 28.9 Å². The highest BCUT2D eigenvalue weighted by Gasteiger charge is 2.36. The molecule has 10 rings (SSSR count). The van der Waals surface area contributed by atoms with Gasteiger partial charge in [-0.25, -0.2) is 0 Å². The van der Waals surface area contributed by atoms with Crippen molar-refractivity contribution in [3.8, 4) is 23.0 Å². The van der Waals surface area contributed by atoms with E-state index in [0.717, 1.165) is 48.5 Å². The summed E-state index contributed by atoms with van der Waals surface area (Å²) in [5.74, 6) is -0.961. The Bertz CT molecular complexity index is 3380. The summed E-state index contributed by atoms with van der Waals surface area (Å²) in [6.45, 7) is 10.0. The number of anilines is 2. The smallest absolute Gasteiger partial charge is 0.260 e. The molecule has 7 amide bonds. The van der Waals surface area contributed by atoms with Crippen LogP contribution in [0.4, 0.5) is 22.7 Å². The van der Waals surface area contributed by atoms with Gasteiger partial charge in [0, 0.05) is 119 Å². The minimum atomic E-state index is -0.925. The van der Waals surface area contributed by atoms with Crippen LogP contribution in [0.5, 0.6) is 23.0 Å². The lowest BCUT2D eigenvalue weighted by atomic mass is 10.0. The second-order valence-corrected chi connectivity index (χ2v) is 22.3. The molecule has 0 spiro atoms. The highest BCUT2D eigenvalue weighted by atomic mass is 16.5. The van der Waals surface area contributed by atoms with Gasteiger partial charge in [-0.1, -0.05) is 44.5 Å². The number of nitrogens with one attached hydrogen (secondary N) is 3. The Morgan fingerprint density at radius 3 is 1.67 bits per heavy atom. The van der Waals surface area contributed by atoms with E-state index in [1.807, 2.05) is 30.7 Å². The van der Waals surface area contributed by atoms with Gasteiger partial charge in [0.1, 0.15) is 12.1 Å². The zero-order valence-corrected chi connectivity index (χ0v) is 48.8. The van der Waals surface area contributed by atoms with Crippen molar-refractivity contribution in [1.82, 2.24) is 30.2 Å². The molecule has 444 valence electrons. The molecule has 6 aliphatic heterocycles. The Morgan fingerprint density at radius 2 is 1.15 bits per heavy atom. The fourth-order valence-corrected chi connectivity index (χ4v) is 11.1. The highest BCUT2D eigenvalue weighted by molar-refractivity contribution is 6.13. The number of aliphatic imine (C=N–C) groups is 2.